The van der Waals surface area contributed by atoms with Gasteiger partial charge in [-0.2, -0.15) is 0 Å². The van der Waals surface area contributed by atoms with Crippen LogP contribution < -0.4 is 5.32 Å². The lowest BCUT2D eigenvalue weighted by molar-refractivity contribution is -0.115. The summed E-state index contributed by atoms with van der Waals surface area (Å²) in [6, 6.07) is 15.8. The van der Waals surface area contributed by atoms with Gasteiger partial charge in [-0.05, 0) is 36.1 Å². The molecule has 0 bridgehead atoms. The van der Waals surface area contributed by atoms with Crippen LogP contribution in [0.5, 0.6) is 0 Å². The molecule has 2 aromatic rings. The summed E-state index contributed by atoms with van der Waals surface area (Å²) in [6.45, 7) is 0. The van der Waals surface area contributed by atoms with Gasteiger partial charge in [0.2, 0.25) is 0 Å². The third-order valence-electron chi connectivity index (χ3n) is 3.75. The van der Waals surface area contributed by atoms with Crippen LogP contribution in [0.1, 0.15) is 24.3 Å². The molecule has 0 amide bonds. The van der Waals surface area contributed by atoms with E-state index in [4.69, 9.17) is 11.6 Å². The van der Waals surface area contributed by atoms with Gasteiger partial charge in [0.15, 0.2) is 5.78 Å². The van der Waals surface area contributed by atoms with E-state index >= 15 is 0 Å². The minimum absolute atomic E-state index is 0.149. The van der Waals surface area contributed by atoms with Crippen molar-refractivity contribution in [3.8, 4) is 0 Å². The summed E-state index contributed by atoms with van der Waals surface area (Å²) in [7, 11) is 0. The third-order valence-corrected chi connectivity index (χ3v) is 4.55. The summed E-state index contributed by atoms with van der Waals surface area (Å²) >= 11 is 9.62. The third kappa shape index (κ3) is 3.60. The van der Waals surface area contributed by atoms with E-state index in [1.165, 1.54) is 5.56 Å². The number of benzene rings is 2. The van der Waals surface area contributed by atoms with E-state index in [0.29, 0.717) is 11.4 Å². The van der Waals surface area contributed by atoms with Gasteiger partial charge in [0.1, 0.15) is 0 Å². The Morgan fingerprint density at radius 2 is 1.86 bits per heavy atom. The fourth-order valence-electron chi connectivity index (χ4n) is 2.70. The summed E-state index contributed by atoms with van der Waals surface area (Å²) in [6.07, 6.45) is 3.06. The highest BCUT2D eigenvalue weighted by atomic mass is 79.9. The second kappa shape index (κ2) is 6.67. The molecule has 2 aromatic carbocycles. The molecule has 0 fully saturated rings. The van der Waals surface area contributed by atoms with Gasteiger partial charge in [-0.3, -0.25) is 4.79 Å². The van der Waals surface area contributed by atoms with Crippen LogP contribution >= 0.6 is 27.5 Å². The van der Waals surface area contributed by atoms with Crippen molar-refractivity contribution in [1.82, 2.24) is 0 Å². The Bertz CT molecular complexity index is 727. The van der Waals surface area contributed by atoms with E-state index in [1.54, 1.807) is 6.08 Å². The first-order valence-electron chi connectivity index (χ1n) is 7.12. The second-order valence-corrected chi connectivity index (χ2v) is 6.72. The van der Waals surface area contributed by atoms with Gasteiger partial charge in [-0.1, -0.05) is 57.9 Å². The van der Waals surface area contributed by atoms with Gasteiger partial charge in [0, 0.05) is 22.7 Å². The molecule has 4 heteroatoms. The molecule has 0 aromatic heterocycles. The van der Waals surface area contributed by atoms with Gasteiger partial charge >= 0.3 is 0 Å². The standard InChI is InChI=1S/C18H15BrClNO/c19-14-6-7-18(17(20)10-14)21-15-8-13(9-16(22)11-15)12-4-2-1-3-5-12/h1-7,10-11,13,21H,8-9H2. The summed E-state index contributed by atoms with van der Waals surface area (Å²) < 4.78 is 0.930. The van der Waals surface area contributed by atoms with Crippen molar-refractivity contribution < 1.29 is 4.79 Å². The number of allylic oxidation sites excluding steroid dienone is 2. The monoisotopic (exact) mass is 375 g/mol. The van der Waals surface area contributed by atoms with Crippen molar-refractivity contribution in [2.24, 2.45) is 0 Å². The van der Waals surface area contributed by atoms with E-state index in [0.717, 1.165) is 22.3 Å². The average Bonchev–Trinajstić information content (AvgIpc) is 2.50. The Kier molecular flexibility index (Phi) is 4.65. The highest BCUT2D eigenvalue weighted by Gasteiger charge is 2.22. The van der Waals surface area contributed by atoms with Crippen molar-refractivity contribution in [3.05, 3.63) is 75.4 Å². The van der Waals surface area contributed by atoms with E-state index in [-0.39, 0.29) is 11.7 Å². The largest absolute Gasteiger partial charge is 0.358 e. The van der Waals surface area contributed by atoms with Gasteiger partial charge in [0.05, 0.1) is 10.7 Å². The number of carbonyl (C=O) groups is 1. The SMILES string of the molecule is O=C1C=C(Nc2ccc(Br)cc2Cl)CC(c2ccccc2)C1. The van der Waals surface area contributed by atoms with Crippen molar-refractivity contribution in [3.63, 3.8) is 0 Å². The van der Waals surface area contributed by atoms with Crippen LogP contribution in [0.15, 0.2) is 64.8 Å². The van der Waals surface area contributed by atoms with Crippen LogP contribution in [0.25, 0.3) is 0 Å². The number of rotatable bonds is 3. The maximum Gasteiger partial charge on any atom is 0.158 e. The fraction of sp³-hybridized carbons (Fsp3) is 0.167. The van der Waals surface area contributed by atoms with Gasteiger partial charge in [-0.25, -0.2) is 0 Å². The molecule has 112 valence electrons. The number of nitrogens with one attached hydrogen (secondary N) is 1. The van der Waals surface area contributed by atoms with E-state index in [9.17, 15) is 4.79 Å². The molecule has 0 aliphatic heterocycles. The first-order chi connectivity index (χ1) is 10.6. The highest BCUT2D eigenvalue weighted by Crippen LogP contribution is 2.33. The minimum atomic E-state index is 0.149. The molecule has 1 aliphatic carbocycles. The van der Waals surface area contributed by atoms with Crippen molar-refractivity contribution in [2.45, 2.75) is 18.8 Å². The summed E-state index contributed by atoms with van der Waals surface area (Å²) in [5.41, 5.74) is 2.93. The number of hydrogen-bond acceptors (Lipinski definition) is 2. The smallest absolute Gasteiger partial charge is 0.158 e. The zero-order valence-corrected chi connectivity index (χ0v) is 14.2. The lowest BCUT2D eigenvalue weighted by Gasteiger charge is -2.23. The van der Waals surface area contributed by atoms with Gasteiger partial charge < -0.3 is 5.32 Å². The first kappa shape index (κ1) is 15.3. The highest BCUT2D eigenvalue weighted by molar-refractivity contribution is 9.10. The number of halogens is 2. The van der Waals surface area contributed by atoms with Crippen LogP contribution in [0.4, 0.5) is 5.69 Å². The molecule has 1 atom stereocenters. The number of carbonyl (C=O) groups excluding carboxylic acids is 1. The van der Waals surface area contributed by atoms with Crippen LogP contribution in [0.2, 0.25) is 5.02 Å². The minimum Gasteiger partial charge on any atom is -0.358 e. The van der Waals surface area contributed by atoms with Crippen molar-refractivity contribution in [1.29, 1.82) is 0 Å². The zero-order chi connectivity index (χ0) is 15.5. The lowest BCUT2D eigenvalue weighted by atomic mass is 9.85. The van der Waals surface area contributed by atoms with Crippen molar-refractivity contribution in [2.75, 3.05) is 5.32 Å². The molecular formula is C18H15BrClNO. The number of anilines is 1. The Morgan fingerprint density at radius 3 is 2.59 bits per heavy atom. The maximum absolute atomic E-state index is 12.0. The lowest BCUT2D eigenvalue weighted by Crippen LogP contribution is -2.16. The molecule has 0 spiro atoms. The molecule has 1 aliphatic rings. The van der Waals surface area contributed by atoms with E-state index < -0.39 is 0 Å². The summed E-state index contributed by atoms with van der Waals surface area (Å²) in [4.78, 5) is 12.0. The normalized spacial score (nSPS) is 18.0. The quantitative estimate of drug-likeness (QED) is 0.761. The van der Waals surface area contributed by atoms with Crippen LogP contribution in [-0.2, 0) is 4.79 Å². The average molecular weight is 377 g/mol. The summed E-state index contributed by atoms with van der Waals surface area (Å²) in [5, 5.41) is 3.92. The Labute approximate surface area is 143 Å². The molecule has 3 rings (SSSR count). The molecule has 22 heavy (non-hydrogen) atoms. The fourth-order valence-corrected chi connectivity index (χ4v) is 3.43. The molecule has 1 N–H and O–H groups in total. The zero-order valence-electron chi connectivity index (χ0n) is 11.9. The van der Waals surface area contributed by atoms with Crippen LogP contribution in [-0.4, -0.2) is 5.78 Å². The van der Waals surface area contributed by atoms with Crippen LogP contribution in [0.3, 0.4) is 0 Å². The van der Waals surface area contributed by atoms with Gasteiger partial charge in [-0.15, -0.1) is 0 Å². The topological polar surface area (TPSA) is 29.1 Å². The Balaban J connectivity index is 1.80. The number of ketones is 1. The van der Waals surface area contributed by atoms with E-state index in [1.807, 2.05) is 36.4 Å². The molecule has 0 heterocycles. The molecule has 1 unspecified atom stereocenters. The van der Waals surface area contributed by atoms with E-state index in [2.05, 4.69) is 33.4 Å². The molecule has 0 saturated heterocycles. The predicted octanol–water partition coefficient (Wildman–Crippen LogP) is 5.55. The summed E-state index contributed by atoms with van der Waals surface area (Å²) in [5.74, 6) is 0.367. The molecular weight excluding hydrogens is 362 g/mol. The van der Waals surface area contributed by atoms with Gasteiger partial charge in [0.25, 0.3) is 0 Å². The predicted molar refractivity (Wildman–Crippen MR) is 94.3 cm³/mol. The Morgan fingerprint density at radius 1 is 1.09 bits per heavy atom. The first-order valence-corrected chi connectivity index (χ1v) is 8.29. The van der Waals surface area contributed by atoms with Crippen LogP contribution in [0, 0.1) is 0 Å². The number of hydrogen-bond donors (Lipinski definition) is 1. The maximum atomic E-state index is 12.0. The Hall–Kier alpha value is -1.58. The molecule has 0 saturated carbocycles. The molecule has 0 radical (unpaired) electrons. The second-order valence-electron chi connectivity index (χ2n) is 5.40. The van der Waals surface area contributed by atoms with Crippen molar-refractivity contribution >= 4 is 39.0 Å². The molecule has 2 nitrogen and oxygen atoms in total.